The van der Waals surface area contributed by atoms with Crippen molar-refractivity contribution in [3.8, 4) is 5.75 Å². The Morgan fingerprint density at radius 2 is 1.79 bits per heavy atom. The predicted octanol–water partition coefficient (Wildman–Crippen LogP) is 8.56. The molecule has 1 fully saturated rings. The van der Waals surface area contributed by atoms with E-state index in [2.05, 4.69) is 16.7 Å². The van der Waals surface area contributed by atoms with E-state index < -0.39 is 41.9 Å². The molecule has 1 aliphatic heterocycles. The molecule has 0 atom stereocenters. The Hall–Kier alpha value is -4.20. The largest absolute Gasteiger partial charge is 0.485 e. The van der Waals surface area contributed by atoms with Crippen LogP contribution >= 0.6 is 0 Å². The second kappa shape index (κ2) is 16.1. The Morgan fingerprint density at radius 3 is 2.32 bits per heavy atom. The van der Waals surface area contributed by atoms with Gasteiger partial charge in [-0.15, -0.1) is 0 Å². The first kappa shape index (κ1) is 37.3. The SMILES string of the molecule is C=CC(=N/C(=C\C)n1ncc(C(=O)O)c1C(F)(F)F)c1cccc(F)c1OC/C(=C/C=C(\CC)C1CCN(CC(F)(F)F)CC1)CC. The summed E-state index contributed by atoms with van der Waals surface area (Å²) in [5, 5.41) is 12.9. The van der Waals surface area contributed by atoms with Crippen LogP contribution in [0.2, 0.25) is 0 Å². The van der Waals surface area contributed by atoms with Crippen molar-refractivity contribution in [1.29, 1.82) is 0 Å². The number of rotatable bonds is 13. The summed E-state index contributed by atoms with van der Waals surface area (Å²) in [6.07, 6.45) is -0.0765. The third kappa shape index (κ3) is 9.90. The summed E-state index contributed by atoms with van der Waals surface area (Å²) < 4.78 is 101. The highest BCUT2D eigenvalue weighted by atomic mass is 19.4. The molecule has 0 aliphatic carbocycles. The van der Waals surface area contributed by atoms with Gasteiger partial charge in [0.2, 0.25) is 0 Å². The van der Waals surface area contributed by atoms with Crippen molar-refractivity contribution >= 4 is 17.5 Å². The second-order valence-electron chi connectivity index (χ2n) is 10.8. The minimum Gasteiger partial charge on any atom is -0.485 e. The van der Waals surface area contributed by atoms with Crippen LogP contribution in [-0.2, 0) is 6.18 Å². The van der Waals surface area contributed by atoms with Crippen LogP contribution in [0.4, 0.5) is 30.7 Å². The number of likely N-dealkylation sites (tertiary alicyclic amines) is 1. The lowest BCUT2D eigenvalue weighted by Crippen LogP contribution is -2.40. The number of piperidine rings is 1. The topological polar surface area (TPSA) is 80.0 Å². The number of hydrogen-bond donors (Lipinski definition) is 1. The van der Waals surface area contributed by atoms with Gasteiger partial charge in [-0.1, -0.05) is 44.2 Å². The van der Waals surface area contributed by atoms with E-state index in [-0.39, 0.29) is 35.4 Å². The third-order valence-electron chi connectivity index (χ3n) is 7.73. The number of carboxylic acid groups (broad SMARTS) is 1. The van der Waals surface area contributed by atoms with Gasteiger partial charge in [0.05, 0.1) is 18.5 Å². The van der Waals surface area contributed by atoms with Gasteiger partial charge in [-0.25, -0.2) is 18.9 Å². The Kier molecular flexibility index (Phi) is 12.7. The van der Waals surface area contributed by atoms with E-state index in [9.17, 15) is 36.2 Å². The quantitative estimate of drug-likeness (QED) is 0.131. The number of nitrogens with zero attached hydrogens (tertiary/aromatic N) is 4. The fraction of sp³-hybridized carbons (Fsp3) is 0.424. The van der Waals surface area contributed by atoms with Gasteiger partial charge < -0.3 is 9.84 Å². The van der Waals surface area contributed by atoms with Crippen molar-refractivity contribution in [2.24, 2.45) is 10.9 Å². The fourth-order valence-corrected chi connectivity index (χ4v) is 5.30. The lowest BCUT2D eigenvalue weighted by molar-refractivity contribution is -0.148. The van der Waals surface area contributed by atoms with Crippen LogP contribution in [-0.4, -0.2) is 63.9 Å². The maximum absolute atomic E-state index is 15.1. The standard InChI is InChI=1S/C33H37F7N4O3/c1-5-21(12-13-22(6-2)23-14-16-43(17-15-23)20-32(35,36)37)19-47-29-24(10-9-11-26(29)34)27(7-3)42-28(8-4)44-30(33(38,39)40)25(18-41-44)31(45)46/h7-13,18,23H,3,5-6,14-17,19-20H2,1-2,4H3,(H,45,46)/b21-12+,22-13+,28-8+,42-27?. The molecule has 14 heteroatoms. The molecular formula is C33H37F7N4O3. The first-order valence-electron chi connectivity index (χ1n) is 15.0. The van der Waals surface area contributed by atoms with Crippen LogP contribution < -0.4 is 4.74 Å². The molecule has 1 N–H and O–H groups in total. The van der Waals surface area contributed by atoms with E-state index in [4.69, 9.17) is 4.74 Å². The minimum absolute atomic E-state index is 0.0395. The maximum atomic E-state index is 15.1. The average molecular weight is 671 g/mol. The predicted molar refractivity (Wildman–Crippen MR) is 165 cm³/mol. The maximum Gasteiger partial charge on any atom is 0.434 e. The molecule has 2 aromatic rings. The van der Waals surface area contributed by atoms with Gasteiger partial charge in [0.25, 0.3) is 0 Å². The summed E-state index contributed by atoms with van der Waals surface area (Å²) in [7, 11) is 0. The van der Waals surface area contributed by atoms with Crippen molar-refractivity contribution in [3.63, 3.8) is 0 Å². The van der Waals surface area contributed by atoms with E-state index in [1.165, 1.54) is 36.1 Å². The highest BCUT2D eigenvalue weighted by molar-refractivity contribution is 6.11. The van der Waals surface area contributed by atoms with E-state index in [0.29, 0.717) is 49.7 Å². The zero-order chi connectivity index (χ0) is 34.9. The normalized spacial score (nSPS) is 16.5. The van der Waals surface area contributed by atoms with Crippen molar-refractivity contribution in [2.45, 2.75) is 58.8 Å². The lowest BCUT2D eigenvalue weighted by Gasteiger charge is -2.33. The van der Waals surface area contributed by atoms with Crippen LogP contribution in [0.15, 0.2) is 71.4 Å². The van der Waals surface area contributed by atoms with Crippen LogP contribution in [0.5, 0.6) is 5.75 Å². The van der Waals surface area contributed by atoms with E-state index >= 15 is 4.39 Å². The zero-order valence-corrected chi connectivity index (χ0v) is 26.3. The Bertz CT molecular complexity index is 1540. The zero-order valence-electron chi connectivity index (χ0n) is 26.3. The smallest absolute Gasteiger partial charge is 0.434 e. The van der Waals surface area contributed by atoms with E-state index in [0.717, 1.165) is 17.2 Å². The molecule has 7 nitrogen and oxygen atoms in total. The summed E-state index contributed by atoms with van der Waals surface area (Å²) in [6.45, 7) is 8.66. The van der Waals surface area contributed by atoms with Crippen molar-refractivity contribution < 1.29 is 45.4 Å². The number of aromatic nitrogens is 2. The van der Waals surface area contributed by atoms with Gasteiger partial charge in [-0.2, -0.15) is 31.4 Å². The van der Waals surface area contributed by atoms with Gasteiger partial charge >= 0.3 is 18.3 Å². The molecule has 0 radical (unpaired) electrons. The lowest BCUT2D eigenvalue weighted by atomic mass is 9.87. The van der Waals surface area contributed by atoms with Crippen molar-refractivity contribution in [2.75, 3.05) is 26.2 Å². The Balaban J connectivity index is 1.87. The Labute approximate surface area is 268 Å². The van der Waals surface area contributed by atoms with Gasteiger partial charge in [0, 0.05) is 5.56 Å². The molecule has 0 saturated carbocycles. The van der Waals surface area contributed by atoms with Crippen molar-refractivity contribution in [3.05, 3.63) is 89.1 Å². The van der Waals surface area contributed by atoms with Gasteiger partial charge in [0.15, 0.2) is 17.3 Å². The molecule has 256 valence electrons. The number of carboxylic acids is 1. The molecule has 47 heavy (non-hydrogen) atoms. The molecule has 2 heterocycles. The number of carbonyl (C=O) groups is 1. The van der Waals surface area contributed by atoms with Gasteiger partial charge in [-0.05, 0) is 81.5 Å². The van der Waals surface area contributed by atoms with E-state index in [1.807, 2.05) is 26.0 Å². The summed E-state index contributed by atoms with van der Waals surface area (Å²) in [5.41, 5.74) is -0.682. The first-order valence-corrected chi connectivity index (χ1v) is 15.0. The fourth-order valence-electron chi connectivity index (χ4n) is 5.30. The summed E-state index contributed by atoms with van der Waals surface area (Å²) >= 11 is 0. The molecule has 3 rings (SSSR count). The molecule has 1 saturated heterocycles. The van der Waals surface area contributed by atoms with Crippen LogP contribution in [0.25, 0.3) is 5.82 Å². The summed E-state index contributed by atoms with van der Waals surface area (Å²) in [4.78, 5) is 17.1. The second-order valence-corrected chi connectivity index (χ2v) is 10.8. The van der Waals surface area contributed by atoms with E-state index in [1.54, 1.807) is 0 Å². The number of para-hydroxylation sites is 1. The molecule has 1 aromatic heterocycles. The van der Waals surface area contributed by atoms with Gasteiger partial charge in [-0.3, -0.25) is 4.90 Å². The van der Waals surface area contributed by atoms with Crippen LogP contribution in [0, 0.1) is 11.7 Å². The van der Waals surface area contributed by atoms with Gasteiger partial charge in [0.1, 0.15) is 18.0 Å². The average Bonchev–Trinajstić information content (AvgIpc) is 3.47. The molecular weight excluding hydrogens is 633 g/mol. The number of aliphatic imine (C=N–C) groups is 1. The number of ether oxygens (including phenoxy) is 1. The molecule has 0 spiro atoms. The number of alkyl halides is 6. The molecule has 0 bridgehead atoms. The highest BCUT2D eigenvalue weighted by Gasteiger charge is 2.41. The minimum atomic E-state index is -5.07. The summed E-state index contributed by atoms with van der Waals surface area (Å²) in [5.74, 6) is -3.04. The number of benzene rings is 1. The molecule has 0 amide bonds. The van der Waals surface area contributed by atoms with Crippen molar-refractivity contribution in [1.82, 2.24) is 14.7 Å². The Morgan fingerprint density at radius 1 is 1.11 bits per heavy atom. The number of allylic oxidation sites excluding steroid dienone is 5. The first-order chi connectivity index (χ1) is 22.1. The third-order valence-corrected chi connectivity index (χ3v) is 7.73. The highest BCUT2D eigenvalue weighted by Crippen LogP contribution is 2.35. The molecule has 1 aliphatic rings. The van der Waals surface area contributed by atoms with Crippen LogP contribution in [0.1, 0.15) is 68.1 Å². The monoisotopic (exact) mass is 670 g/mol. The summed E-state index contributed by atoms with van der Waals surface area (Å²) in [6, 6.07) is 3.98. The molecule has 0 unspecified atom stereocenters. The van der Waals surface area contributed by atoms with Crippen LogP contribution in [0.3, 0.4) is 0 Å². The molecule has 1 aromatic carbocycles. The number of hydrogen-bond acceptors (Lipinski definition) is 5. The number of aromatic carboxylic acids is 1. The number of halogens is 7.